The van der Waals surface area contributed by atoms with Crippen LogP contribution in [0.4, 0.5) is 0 Å². The van der Waals surface area contributed by atoms with E-state index in [4.69, 9.17) is 0 Å². The Hall–Kier alpha value is -0.180. The molecule has 1 aliphatic rings. The van der Waals surface area contributed by atoms with Gasteiger partial charge in [-0.05, 0) is 26.0 Å². The molecule has 0 aromatic heterocycles. The van der Waals surface area contributed by atoms with Gasteiger partial charge in [0.15, 0.2) is 0 Å². The summed E-state index contributed by atoms with van der Waals surface area (Å²) in [4.78, 5) is 13.4. The van der Waals surface area contributed by atoms with Gasteiger partial charge in [0.2, 0.25) is 5.91 Å². The van der Waals surface area contributed by atoms with Crippen LogP contribution < -0.4 is 0 Å². The molecular weight excluding hydrogens is 158 g/mol. The first-order valence-electron chi connectivity index (χ1n) is 4.04. The smallest absolute Gasteiger partial charge is 0.232 e. The summed E-state index contributed by atoms with van der Waals surface area (Å²) in [5.74, 6) is 0.951. The summed E-state index contributed by atoms with van der Waals surface area (Å²) in [6.45, 7) is 3.10. The molecule has 0 saturated carbocycles. The molecule has 1 aliphatic heterocycles. The highest BCUT2D eigenvalue weighted by atomic mass is 32.2. The Kier molecular flexibility index (Phi) is 3.24. The normalized spacial score (nSPS) is 24.2. The predicted octanol–water partition coefficient (Wildman–Crippen LogP) is 1.36. The summed E-state index contributed by atoms with van der Waals surface area (Å²) in [5, 5.41) is 0. The number of nitrogens with zero attached hydrogens (tertiary/aromatic N) is 1. The minimum Gasteiger partial charge on any atom is -0.339 e. The molecular formula is C8H15NOS. The Balaban J connectivity index is 2.39. The second kappa shape index (κ2) is 4.00. The van der Waals surface area contributed by atoms with Crippen molar-refractivity contribution in [2.45, 2.75) is 25.8 Å². The van der Waals surface area contributed by atoms with Crippen LogP contribution in [0.5, 0.6) is 0 Å². The molecule has 1 heterocycles. The average Bonchev–Trinajstić information content (AvgIpc) is 2.36. The van der Waals surface area contributed by atoms with Gasteiger partial charge in [0, 0.05) is 12.6 Å². The summed E-state index contributed by atoms with van der Waals surface area (Å²) in [7, 11) is 0. The lowest BCUT2D eigenvalue weighted by Gasteiger charge is -2.20. The molecule has 0 radical (unpaired) electrons. The first-order chi connectivity index (χ1) is 5.25. The zero-order valence-electron chi connectivity index (χ0n) is 7.17. The highest BCUT2D eigenvalue weighted by molar-refractivity contribution is 7.99. The third kappa shape index (κ3) is 2.12. The summed E-state index contributed by atoms with van der Waals surface area (Å²) >= 11 is 1.61. The topological polar surface area (TPSA) is 20.3 Å². The molecule has 0 bridgehead atoms. The van der Waals surface area contributed by atoms with Crippen molar-refractivity contribution < 1.29 is 4.79 Å². The number of amides is 1. The van der Waals surface area contributed by atoms with Gasteiger partial charge >= 0.3 is 0 Å². The molecule has 2 nitrogen and oxygen atoms in total. The maximum atomic E-state index is 11.4. The monoisotopic (exact) mass is 173 g/mol. The van der Waals surface area contributed by atoms with E-state index in [1.165, 1.54) is 12.8 Å². The standard InChI is InChI=1S/C8H15NOS/c1-7-4-3-5-9(7)8(10)6-11-2/h7H,3-6H2,1-2H3. The van der Waals surface area contributed by atoms with Crippen molar-refractivity contribution in [3.8, 4) is 0 Å². The van der Waals surface area contributed by atoms with Gasteiger partial charge < -0.3 is 4.90 Å². The van der Waals surface area contributed by atoms with Crippen LogP contribution in [-0.2, 0) is 4.79 Å². The molecule has 0 aliphatic carbocycles. The summed E-state index contributed by atoms with van der Waals surface area (Å²) in [5.41, 5.74) is 0. The van der Waals surface area contributed by atoms with Crippen molar-refractivity contribution >= 4 is 17.7 Å². The SMILES string of the molecule is CSCC(=O)N1CCCC1C. The summed E-state index contributed by atoms with van der Waals surface area (Å²) in [6.07, 6.45) is 4.33. The summed E-state index contributed by atoms with van der Waals surface area (Å²) < 4.78 is 0. The van der Waals surface area contributed by atoms with E-state index in [9.17, 15) is 4.79 Å². The van der Waals surface area contributed by atoms with E-state index < -0.39 is 0 Å². The van der Waals surface area contributed by atoms with E-state index in [0.29, 0.717) is 17.7 Å². The van der Waals surface area contributed by atoms with Crippen LogP contribution in [0.1, 0.15) is 19.8 Å². The third-order valence-electron chi connectivity index (χ3n) is 2.14. The molecule has 1 saturated heterocycles. The highest BCUT2D eigenvalue weighted by Crippen LogP contribution is 2.17. The molecule has 1 atom stereocenters. The fourth-order valence-corrected chi connectivity index (χ4v) is 1.92. The predicted molar refractivity (Wildman–Crippen MR) is 48.8 cm³/mol. The van der Waals surface area contributed by atoms with E-state index in [1.807, 2.05) is 11.2 Å². The number of likely N-dealkylation sites (tertiary alicyclic amines) is 1. The van der Waals surface area contributed by atoms with Crippen molar-refractivity contribution in [3.63, 3.8) is 0 Å². The lowest BCUT2D eigenvalue weighted by molar-refractivity contribution is -0.128. The first kappa shape index (κ1) is 8.91. The van der Waals surface area contributed by atoms with Gasteiger partial charge in [0.1, 0.15) is 0 Å². The zero-order chi connectivity index (χ0) is 8.27. The Morgan fingerprint density at radius 3 is 2.91 bits per heavy atom. The number of thioether (sulfide) groups is 1. The largest absolute Gasteiger partial charge is 0.339 e. The molecule has 0 aromatic carbocycles. The third-order valence-corrected chi connectivity index (χ3v) is 2.68. The maximum absolute atomic E-state index is 11.4. The zero-order valence-corrected chi connectivity index (χ0v) is 7.99. The number of rotatable bonds is 2. The number of hydrogen-bond donors (Lipinski definition) is 0. The van der Waals surface area contributed by atoms with E-state index in [1.54, 1.807) is 11.8 Å². The van der Waals surface area contributed by atoms with E-state index >= 15 is 0 Å². The Morgan fingerprint density at radius 2 is 2.45 bits per heavy atom. The minimum atomic E-state index is 0.308. The summed E-state index contributed by atoms with van der Waals surface area (Å²) in [6, 6.07) is 0.481. The molecule has 3 heteroatoms. The quantitative estimate of drug-likeness (QED) is 0.628. The fourth-order valence-electron chi connectivity index (χ4n) is 1.51. The molecule has 1 amide bonds. The van der Waals surface area contributed by atoms with Crippen molar-refractivity contribution in [3.05, 3.63) is 0 Å². The highest BCUT2D eigenvalue weighted by Gasteiger charge is 2.23. The van der Waals surface area contributed by atoms with Crippen LogP contribution in [0, 0.1) is 0 Å². The molecule has 64 valence electrons. The van der Waals surface area contributed by atoms with Crippen LogP contribution in [-0.4, -0.2) is 35.4 Å². The van der Waals surface area contributed by atoms with E-state index in [-0.39, 0.29) is 0 Å². The molecule has 0 aromatic rings. The number of carbonyl (C=O) groups is 1. The van der Waals surface area contributed by atoms with Gasteiger partial charge in [0.25, 0.3) is 0 Å². The van der Waals surface area contributed by atoms with Crippen LogP contribution in [0.2, 0.25) is 0 Å². The van der Waals surface area contributed by atoms with Crippen molar-refractivity contribution in [1.29, 1.82) is 0 Å². The van der Waals surface area contributed by atoms with Crippen LogP contribution in [0.15, 0.2) is 0 Å². The number of carbonyl (C=O) groups excluding carboxylic acids is 1. The molecule has 11 heavy (non-hydrogen) atoms. The van der Waals surface area contributed by atoms with Gasteiger partial charge in [-0.3, -0.25) is 4.79 Å². The van der Waals surface area contributed by atoms with Crippen molar-refractivity contribution in [2.75, 3.05) is 18.6 Å². The van der Waals surface area contributed by atoms with Crippen LogP contribution in [0.25, 0.3) is 0 Å². The molecule has 1 fully saturated rings. The maximum Gasteiger partial charge on any atom is 0.232 e. The average molecular weight is 173 g/mol. The second-order valence-corrected chi connectivity index (χ2v) is 3.88. The van der Waals surface area contributed by atoms with Gasteiger partial charge in [-0.1, -0.05) is 0 Å². The Morgan fingerprint density at radius 1 is 1.73 bits per heavy atom. The first-order valence-corrected chi connectivity index (χ1v) is 5.43. The van der Waals surface area contributed by atoms with Gasteiger partial charge in [-0.2, -0.15) is 11.8 Å². The van der Waals surface area contributed by atoms with Gasteiger partial charge in [-0.25, -0.2) is 0 Å². The van der Waals surface area contributed by atoms with Gasteiger partial charge in [-0.15, -0.1) is 0 Å². The Bertz CT molecular complexity index is 149. The minimum absolute atomic E-state index is 0.308. The molecule has 1 unspecified atom stereocenters. The van der Waals surface area contributed by atoms with Crippen molar-refractivity contribution in [1.82, 2.24) is 4.90 Å². The molecule has 0 N–H and O–H groups in total. The van der Waals surface area contributed by atoms with Crippen molar-refractivity contribution in [2.24, 2.45) is 0 Å². The second-order valence-electron chi connectivity index (χ2n) is 3.01. The number of hydrogen-bond acceptors (Lipinski definition) is 2. The van der Waals surface area contributed by atoms with Gasteiger partial charge in [0.05, 0.1) is 5.75 Å². The molecule has 0 spiro atoms. The van der Waals surface area contributed by atoms with Crippen LogP contribution >= 0.6 is 11.8 Å². The van der Waals surface area contributed by atoms with Crippen LogP contribution in [0.3, 0.4) is 0 Å². The lowest BCUT2D eigenvalue weighted by Crippen LogP contribution is -2.34. The van der Waals surface area contributed by atoms with E-state index in [2.05, 4.69) is 6.92 Å². The Labute approximate surface area is 72.3 Å². The van der Waals surface area contributed by atoms with E-state index in [0.717, 1.165) is 6.54 Å². The molecule has 1 rings (SSSR count). The fraction of sp³-hybridized carbons (Fsp3) is 0.875. The lowest BCUT2D eigenvalue weighted by atomic mass is 10.2.